The van der Waals surface area contributed by atoms with Gasteiger partial charge in [-0.15, -0.1) is 12.4 Å². The molecule has 1 rings (SSSR count). The molecule has 0 spiro atoms. The maximum absolute atomic E-state index is 11.8. The predicted octanol–water partition coefficient (Wildman–Crippen LogP) is 3.98. The number of nitrogens with two attached hydrogens (primary N) is 1. The fraction of sp³-hybridized carbons (Fsp3) is 0.588. The van der Waals surface area contributed by atoms with Gasteiger partial charge in [0.05, 0.1) is 0 Å². The maximum atomic E-state index is 11.8. The van der Waals surface area contributed by atoms with Crippen LogP contribution in [0.3, 0.4) is 0 Å². The Morgan fingerprint density at radius 1 is 1.10 bits per heavy atom. The molecule has 0 saturated heterocycles. The summed E-state index contributed by atoms with van der Waals surface area (Å²) in [6, 6.07) is 9.57. The highest BCUT2D eigenvalue weighted by molar-refractivity contribution is 5.85. The van der Waals surface area contributed by atoms with Gasteiger partial charge in [0.15, 0.2) is 0 Å². The molecule has 4 heteroatoms. The number of benzene rings is 1. The lowest BCUT2D eigenvalue weighted by molar-refractivity contribution is -0.121. The van der Waals surface area contributed by atoms with Crippen molar-refractivity contribution >= 4 is 18.3 Å². The molecule has 0 unspecified atom stereocenters. The Morgan fingerprint density at radius 2 is 1.71 bits per heavy atom. The van der Waals surface area contributed by atoms with E-state index in [1.165, 1.54) is 32.1 Å². The second-order valence-corrected chi connectivity index (χ2v) is 5.34. The number of nitrogens with one attached hydrogen (secondary N) is 1. The predicted molar refractivity (Wildman–Crippen MR) is 91.6 cm³/mol. The minimum atomic E-state index is -0.208. The average molecular weight is 313 g/mol. The van der Waals surface area contributed by atoms with E-state index in [4.69, 9.17) is 5.73 Å². The third-order valence-corrected chi connectivity index (χ3v) is 3.49. The zero-order chi connectivity index (χ0) is 14.6. The maximum Gasteiger partial charge on any atom is 0.221 e. The number of hydrogen-bond acceptors (Lipinski definition) is 2. The van der Waals surface area contributed by atoms with E-state index in [1.54, 1.807) is 0 Å². The van der Waals surface area contributed by atoms with Crippen LogP contribution in [-0.2, 0) is 4.79 Å². The number of amides is 1. The third kappa shape index (κ3) is 9.48. The third-order valence-electron chi connectivity index (χ3n) is 3.49. The standard InChI is InChI=1S/C17H28N2O.ClH/c1-2-3-4-5-6-10-13-19-17(20)14-16(18)15-11-8-7-9-12-15;/h7-9,11-12,16H,2-6,10,13-14,18H2,1H3,(H,19,20);1H/t16-;/m0./s1. The van der Waals surface area contributed by atoms with Crippen LogP contribution in [0.2, 0.25) is 0 Å². The summed E-state index contributed by atoms with van der Waals surface area (Å²) < 4.78 is 0. The first-order chi connectivity index (χ1) is 9.74. The van der Waals surface area contributed by atoms with E-state index >= 15 is 0 Å². The number of halogens is 1. The van der Waals surface area contributed by atoms with E-state index < -0.39 is 0 Å². The molecule has 0 fully saturated rings. The smallest absolute Gasteiger partial charge is 0.221 e. The Labute approximate surface area is 135 Å². The fourth-order valence-corrected chi connectivity index (χ4v) is 2.22. The van der Waals surface area contributed by atoms with Crippen LogP contribution in [0, 0.1) is 0 Å². The summed E-state index contributed by atoms with van der Waals surface area (Å²) >= 11 is 0. The molecule has 1 atom stereocenters. The summed E-state index contributed by atoms with van der Waals surface area (Å²) in [4.78, 5) is 11.8. The Hall–Kier alpha value is -1.06. The van der Waals surface area contributed by atoms with Crippen molar-refractivity contribution in [2.45, 2.75) is 57.9 Å². The van der Waals surface area contributed by atoms with Gasteiger partial charge in [0.1, 0.15) is 0 Å². The van der Waals surface area contributed by atoms with Crippen molar-refractivity contribution in [3.05, 3.63) is 35.9 Å². The van der Waals surface area contributed by atoms with Gasteiger partial charge in [-0.3, -0.25) is 4.79 Å². The quantitative estimate of drug-likeness (QED) is 0.642. The molecule has 3 nitrogen and oxygen atoms in total. The number of carbonyl (C=O) groups excluding carboxylic acids is 1. The molecule has 0 bridgehead atoms. The molecule has 0 radical (unpaired) electrons. The highest BCUT2D eigenvalue weighted by Crippen LogP contribution is 2.12. The zero-order valence-electron chi connectivity index (χ0n) is 13.0. The van der Waals surface area contributed by atoms with Gasteiger partial charge < -0.3 is 11.1 Å². The van der Waals surface area contributed by atoms with E-state index in [2.05, 4.69) is 12.2 Å². The van der Waals surface area contributed by atoms with Crippen molar-refractivity contribution in [2.24, 2.45) is 5.73 Å². The molecule has 0 heterocycles. The van der Waals surface area contributed by atoms with Crippen LogP contribution >= 0.6 is 12.4 Å². The normalized spacial score (nSPS) is 11.5. The molecule has 1 aromatic rings. The van der Waals surface area contributed by atoms with Crippen molar-refractivity contribution in [3.8, 4) is 0 Å². The van der Waals surface area contributed by atoms with Crippen molar-refractivity contribution in [1.29, 1.82) is 0 Å². The van der Waals surface area contributed by atoms with E-state index in [-0.39, 0.29) is 24.4 Å². The number of rotatable bonds is 10. The second-order valence-electron chi connectivity index (χ2n) is 5.34. The second kappa shape index (κ2) is 12.7. The first-order valence-corrected chi connectivity index (χ1v) is 7.81. The van der Waals surface area contributed by atoms with Crippen LogP contribution in [0.1, 0.15) is 63.5 Å². The van der Waals surface area contributed by atoms with E-state index in [0.29, 0.717) is 6.42 Å². The van der Waals surface area contributed by atoms with Gasteiger partial charge in [0, 0.05) is 19.0 Å². The van der Waals surface area contributed by atoms with Gasteiger partial charge >= 0.3 is 0 Å². The van der Waals surface area contributed by atoms with Crippen molar-refractivity contribution in [3.63, 3.8) is 0 Å². The van der Waals surface area contributed by atoms with Crippen LogP contribution in [-0.4, -0.2) is 12.5 Å². The van der Waals surface area contributed by atoms with Crippen molar-refractivity contribution in [2.75, 3.05) is 6.54 Å². The summed E-state index contributed by atoms with van der Waals surface area (Å²) in [6.45, 7) is 2.99. The van der Waals surface area contributed by atoms with Crippen LogP contribution < -0.4 is 11.1 Å². The van der Waals surface area contributed by atoms with Gasteiger partial charge in [-0.1, -0.05) is 69.4 Å². The first kappa shape index (κ1) is 19.9. The minimum Gasteiger partial charge on any atom is -0.356 e. The number of unbranched alkanes of at least 4 members (excludes halogenated alkanes) is 5. The number of carbonyl (C=O) groups is 1. The lowest BCUT2D eigenvalue weighted by Crippen LogP contribution is -2.28. The zero-order valence-corrected chi connectivity index (χ0v) is 13.8. The monoisotopic (exact) mass is 312 g/mol. The lowest BCUT2D eigenvalue weighted by Gasteiger charge is -2.12. The summed E-state index contributed by atoms with van der Waals surface area (Å²) in [6.07, 6.45) is 7.80. The topological polar surface area (TPSA) is 55.1 Å². The first-order valence-electron chi connectivity index (χ1n) is 7.81. The van der Waals surface area contributed by atoms with E-state index in [9.17, 15) is 4.79 Å². The molecule has 3 N–H and O–H groups in total. The Kier molecular flexibility index (Phi) is 12.0. The summed E-state index contributed by atoms with van der Waals surface area (Å²) in [7, 11) is 0. The largest absolute Gasteiger partial charge is 0.356 e. The Bertz CT molecular complexity index is 370. The average Bonchev–Trinajstić information content (AvgIpc) is 2.47. The summed E-state index contributed by atoms with van der Waals surface area (Å²) in [5.41, 5.74) is 7.04. The van der Waals surface area contributed by atoms with Gasteiger partial charge in [0.2, 0.25) is 5.91 Å². The van der Waals surface area contributed by atoms with Crippen LogP contribution in [0.25, 0.3) is 0 Å². The molecule has 120 valence electrons. The molecule has 1 aromatic carbocycles. The molecule has 0 aliphatic carbocycles. The van der Waals surface area contributed by atoms with Crippen LogP contribution in [0.4, 0.5) is 0 Å². The molecular weight excluding hydrogens is 284 g/mol. The van der Waals surface area contributed by atoms with Gasteiger partial charge in [-0.25, -0.2) is 0 Å². The summed E-state index contributed by atoms with van der Waals surface area (Å²) in [5, 5.41) is 2.96. The number of hydrogen-bond donors (Lipinski definition) is 2. The lowest BCUT2D eigenvalue weighted by atomic mass is 10.0. The van der Waals surface area contributed by atoms with Gasteiger partial charge in [-0.2, -0.15) is 0 Å². The van der Waals surface area contributed by atoms with Gasteiger partial charge in [0.25, 0.3) is 0 Å². The summed E-state index contributed by atoms with van der Waals surface area (Å²) in [5.74, 6) is 0.0508. The molecule has 0 aromatic heterocycles. The Balaban J connectivity index is 0.00000400. The molecule has 1 amide bonds. The van der Waals surface area contributed by atoms with Crippen LogP contribution in [0.15, 0.2) is 30.3 Å². The minimum absolute atomic E-state index is 0. The molecule has 21 heavy (non-hydrogen) atoms. The highest BCUT2D eigenvalue weighted by atomic mass is 35.5. The molecule has 0 aliphatic rings. The van der Waals surface area contributed by atoms with E-state index in [0.717, 1.165) is 18.5 Å². The van der Waals surface area contributed by atoms with Gasteiger partial charge in [-0.05, 0) is 12.0 Å². The SMILES string of the molecule is CCCCCCCCNC(=O)C[C@H](N)c1ccccc1.Cl. The van der Waals surface area contributed by atoms with Crippen LogP contribution in [0.5, 0.6) is 0 Å². The molecular formula is C17H29ClN2O. The Morgan fingerprint density at radius 3 is 2.38 bits per heavy atom. The van der Waals surface area contributed by atoms with Crippen molar-refractivity contribution in [1.82, 2.24) is 5.32 Å². The molecule has 0 aliphatic heterocycles. The van der Waals surface area contributed by atoms with Crippen molar-refractivity contribution < 1.29 is 4.79 Å². The highest BCUT2D eigenvalue weighted by Gasteiger charge is 2.10. The molecule has 0 saturated carbocycles. The fourth-order valence-electron chi connectivity index (χ4n) is 2.22. The van der Waals surface area contributed by atoms with E-state index in [1.807, 2.05) is 30.3 Å².